The molecule has 26 nitrogen and oxygen atoms in total. The predicted octanol–water partition coefficient (Wildman–Crippen LogP) is 1.19. The number of amides is 6. The molecule has 0 heterocycles. The van der Waals surface area contributed by atoms with Crippen molar-refractivity contribution >= 4 is 73.6 Å². The van der Waals surface area contributed by atoms with Gasteiger partial charge in [0, 0.05) is 51.7 Å². The fourth-order valence-electron chi connectivity index (χ4n) is 7.48. The highest BCUT2D eigenvalue weighted by molar-refractivity contribution is 6.05. The lowest BCUT2D eigenvalue weighted by Gasteiger charge is -2.17. The second-order valence-corrected chi connectivity index (χ2v) is 18.6. The second kappa shape index (κ2) is 49.5. The van der Waals surface area contributed by atoms with Gasteiger partial charge in [0.25, 0.3) is 0 Å². The van der Waals surface area contributed by atoms with Crippen LogP contribution in [-0.2, 0) is 71.7 Å². The number of hydrogen-bond acceptors (Lipinski definition) is 16. The van der Waals surface area contributed by atoms with Crippen molar-refractivity contribution in [1.82, 2.24) is 37.1 Å². The third-order valence-electron chi connectivity index (χ3n) is 11.9. The summed E-state index contributed by atoms with van der Waals surface area (Å²) < 4.78 is 21.2. The van der Waals surface area contributed by atoms with Crippen LogP contribution in [0.25, 0.3) is 0 Å². The number of carboxylic acids is 4. The first-order valence-corrected chi connectivity index (χ1v) is 27.3. The molecule has 0 spiro atoms. The van der Waals surface area contributed by atoms with Crippen LogP contribution in [0.1, 0.15) is 161 Å². The van der Waals surface area contributed by atoms with Crippen LogP contribution in [0.2, 0.25) is 0 Å². The minimum Gasteiger partial charge on any atom is -0.481 e. The molecule has 0 aromatic rings. The number of carbonyl (C=O) groups excluding carboxylic acids is 7. The molecule has 0 aliphatic heterocycles. The summed E-state index contributed by atoms with van der Waals surface area (Å²) in [5.74, 6) is -7.97. The molecule has 0 saturated carbocycles. The van der Waals surface area contributed by atoms with E-state index in [-0.39, 0.29) is 110 Å². The third-order valence-corrected chi connectivity index (χ3v) is 11.9. The lowest BCUT2D eigenvalue weighted by Crippen LogP contribution is -2.45. The first-order valence-electron chi connectivity index (χ1n) is 27.3. The van der Waals surface area contributed by atoms with E-state index >= 15 is 0 Å². The standard InChI is InChI=1S/C51H88BN7O19/c52-59-38(35-60)17-15-16-26-53-42(61)23-20-40(50(71)72)57-45(64)25-22-41(51(73)74)58-47(66)37-78-34-32-76-30-28-55-46(65)36-77-33-31-75-29-27-54-43(62)24-21-39(49(69)70)56-44(63)18-13-11-9-7-5-3-1-2-4-6-8-10-12-14-19-48(67)68/h35,38-41,59H,1-34,36-37H2,(H,53,61)(H,54,62)(H,55,65)(H,56,63)(H,57,64)(H,58,66)(H,67,68)(H,69,70)(H,71,72)(H,73,74)/t38-,39?,40-,41?/m0/s1. The molecule has 2 radical (unpaired) electrons. The minimum absolute atomic E-state index is 0.0381. The molecular formula is C51H88BN7O19. The summed E-state index contributed by atoms with van der Waals surface area (Å²) in [4.78, 5) is 130. The van der Waals surface area contributed by atoms with Gasteiger partial charge in [-0.1, -0.05) is 77.0 Å². The molecule has 0 bridgehead atoms. The lowest BCUT2D eigenvalue weighted by molar-refractivity contribution is -0.144. The minimum atomic E-state index is -1.48. The van der Waals surface area contributed by atoms with Crippen LogP contribution in [0, 0.1) is 0 Å². The number of carboxylic acid groups (broad SMARTS) is 4. The maximum absolute atomic E-state index is 12.4. The van der Waals surface area contributed by atoms with E-state index in [0.717, 1.165) is 51.4 Å². The number of hydrogen-bond donors (Lipinski definition) is 11. The number of aliphatic carboxylic acids is 4. The second-order valence-electron chi connectivity index (χ2n) is 18.6. The molecule has 2 unspecified atom stereocenters. The van der Waals surface area contributed by atoms with Gasteiger partial charge >= 0.3 is 23.9 Å². The molecule has 0 aromatic carbocycles. The zero-order chi connectivity index (χ0) is 58.0. The van der Waals surface area contributed by atoms with Crippen molar-refractivity contribution in [2.75, 3.05) is 72.5 Å². The van der Waals surface area contributed by atoms with Crippen molar-refractivity contribution < 1.29 is 92.1 Å². The normalized spacial score (nSPS) is 12.5. The first kappa shape index (κ1) is 72.2. The van der Waals surface area contributed by atoms with Crippen LogP contribution in [-0.4, -0.2) is 191 Å². The van der Waals surface area contributed by atoms with Gasteiger partial charge in [0.05, 0.1) is 45.7 Å². The Labute approximate surface area is 458 Å². The zero-order valence-corrected chi connectivity index (χ0v) is 45.3. The van der Waals surface area contributed by atoms with Gasteiger partial charge < -0.3 is 81.3 Å². The average Bonchev–Trinajstić information content (AvgIpc) is 3.39. The molecule has 0 aliphatic carbocycles. The van der Waals surface area contributed by atoms with Crippen molar-refractivity contribution in [2.45, 2.75) is 185 Å². The van der Waals surface area contributed by atoms with Gasteiger partial charge in [0.2, 0.25) is 35.4 Å². The Kier molecular flexibility index (Phi) is 45.9. The van der Waals surface area contributed by atoms with Crippen LogP contribution in [0.4, 0.5) is 0 Å². The summed E-state index contributed by atoms with van der Waals surface area (Å²) in [6, 6.07) is -4.57. The van der Waals surface area contributed by atoms with E-state index in [0.29, 0.717) is 38.5 Å². The van der Waals surface area contributed by atoms with Crippen LogP contribution >= 0.6 is 0 Å². The molecule has 6 amide bonds. The Morgan fingerprint density at radius 3 is 1.15 bits per heavy atom. The van der Waals surface area contributed by atoms with Crippen molar-refractivity contribution in [1.29, 1.82) is 0 Å². The zero-order valence-electron chi connectivity index (χ0n) is 45.3. The van der Waals surface area contributed by atoms with E-state index in [1.807, 2.05) is 0 Å². The quantitative estimate of drug-likeness (QED) is 0.0231. The number of rotatable bonds is 55. The lowest BCUT2D eigenvalue weighted by atomic mass is 10.0. The summed E-state index contributed by atoms with van der Waals surface area (Å²) in [6.45, 7) is 0.274. The average molecular weight is 1110 g/mol. The highest BCUT2D eigenvalue weighted by Crippen LogP contribution is 2.14. The van der Waals surface area contributed by atoms with Crippen LogP contribution < -0.4 is 37.1 Å². The van der Waals surface area contributed by atoms with Crippen molar-refractivity contribution in [3.8, 4) is 0 Å². The fourth-order valence-corrected chi connectivity index (χ4v) is 7.48. The van der Waals surface area contributed by atoms with E-state index in [9.17, 15) is 68.1 Å². The first-order chi connectivity index (χ1) is 37.5. The highest BCUT2D eigenvalue weighted by atomic mass is 16.5. The molecule has 78 heavy (non-hydrogen) atoms. The summed E-state index contributed by atoms with van der Waals surface area (Å²) in [7, 11) is 5.22. The molecule has 0 aromatic heterocycles. The smallest absolute Gasteiger partial charge is 0.326 e. The summed E-state index contributed by atoms with van der Waals surface area (Å²) in [5.41, 5.74) is 0. The van der Waals surface area contributed by atoms with Gasteiger partial charge in [-0.2, -0.15) is 0 Å². The number of carbonyl (C=O) groups is 11. The van der Waals surface area contributed by atoms with E-state index < -0.39 is 90.6 Å². The Hall–Kier alpha value is -5.77. The van der Waals surface area contributed by atoms with Crippen molar-refractivity contribution in [2.24, 2.45) is 0 Å². The van der Waals surface area contributed by atoms with Gasteiger partial charge in [0.1, 0.15) is 37.6 Å². The monoisotopic (exact) mass is 1110 g/mol. The number of unbranched alkanes of at least 4 members (excludes halogenated alkanes) is 14. The molecule has 444 valence electrons. The molecule has 0 saturated heterocycles. The van der Waals surface area contributed by atoms with E-state index in [1.54, 1.807) is 0 Å². The third kappa shape index (κ3) is 45.3. The van der Waals surface area contributed by atoms with Gasteiger partial charge in [-0.05, 0) is 51.4 Å². The fraction of sp³-hybridized carbons (Fsp3) is 0.784. The maximum Gasteiger partial charge on any atom is 0.326 e. The van der Waals surface area contributed by atoms with Gasteiger partial charge in [-0.3, -0.25) is 33.6 Å². The van der Waals surface area contributed by atoms with Crippen molar-refractivity contribution in [3.05, 3.63) is 0 Å². The van der Waals surface area contributed by atoms with E-state index in [2.05, 4.69) is 37.1 Å². The number of ether oxygens (including phenoxy) is 4. The molecule has 27 heteroatoms. The molecule has 11 N–H and O–H groups in total. The summed E-state index contributed by atoms with van der Waals surface area (Å²) in [5, 5.41) is 54.4. The molecular weight excluding hydrogens is 1030 g/mol. The molecule has 0 fully saturated rings. The van der Waals surface area contributed by atoms with Gasteiger partial charge in [-0.25, -0.2) is 14.4 Å². The van der Waals surface area contributed by atoms with Crippen LogP contribution in [0.5, 0.6) is 0 Å². The number of nitrogens with one attached hydrogen (secondary N) is 7. The Morgan fingerprint density at radius 2 is 0.731 bits per heavy atom. The molecule has 4 atom stereocenters. The van der Waals surface area contributed by atoms with E-state index in [4.69, 9.17) is 32.0 Å². The molecule has 0 aliphatic rings. The Morgan fingerprint density at radius 1 is 0.372 bits per heavy atom. The Bertz CT molecular complexity index is 1750. The number of aldehydes is 1. The SMILES string of the molecule is [B]N[C@H](C=O)CCCCNC(=O)CC[C@H](NC(=O)CCC(NC(=O)COCCOCCNC(=O)COCCOCCNC(=O)CCC(NC(=O)CCCCCCCCCCCCCCCCC(=O)O)C(=O)O)C(=O)O)C(=O)O. The summed E-state index contributed by atoms with van der Waals surface area (Å²) >= 11 is 0. The van der Waals surface area contributed by atoms with Gasteiger partial charge in [0.15, 0.2) is 7.98 Å². The van der Waals surface area contributed by atoms with Gasteiger partial charge in [-0.15, -0.1) is 0 Å². The summed E-state index contributed by atoms with van der Waals surface area (Å²) in [6.07, 6.45) is 16.1. The molecule has 0 rings (SSSR count). The highest BCUT2D eigenvalue weighted by Gasteiger charge is 2.25. The van der Waals surface area contributed by atoms with Crippen LogP contribution in [0.15, 0.2) is 0 Å². The topological polar surface area (TPSA) is 390 Å². The van der Waals surface area contributed by atoms with Crippen LogP contribution in [0.3, 0.4) is 0 Å². The van der Waals surface area contributed by atoms with Crippen molar-refractivity contribution in [3.63, 3.8) is 0 Å². The predicted molar refractivity (Wildman–Crippen MR) is 283 cm³/mol. The Balaban J connectivity index is 3.95. The van der Waals surface area contributed by atoms with E-state index in [1.165, 1.54) is 32.1 Å². The maximum atomic E-state index is 12.4. The largest absolute Gasteiger partial charge is 0.481 e.